The van der Waals surface area contributed by atoms with Gasteiger partial charge in [0.2, 0.25) is 0 Å². The van der Waals surface area contributed by atoms with Crippen molar-refractivity contribution in [3.63, 3.8) is 0 Å². The number of hydrogen-bond donors (Lipinski definition) is 0. The molecule has 0 N–H and O–H groups in total. The van der Waals surface area contributed by atoms with Crippen molar-refractivity contribution in [2.75, 3.05) is 40.0 Å². The average Bonchev–Trinajstić information content (AvgIpc) is 3.05. The standard InChI is InChI=1S/C15H22N2O3/c1-18-8-7-17-6-4-15(12-17)9-14(11-19-15)20-13-3-2-5-16-10-13/h2-3,5,10,14H,4,6-9,11-12H2,1H3. The molecule has 1 spiro atoms. The Morgan fingerprint density at radius 3 is 3.30 bits per heavy atom. The minimum absolute atomic E-state index is 0.0133. The molecule has 2 aliphatic rings. The Morgan fingerprint density at radius 1 is 1.55 bits per heavy atom. The molecule has 0 saturated carbocycles. The van der Waals surface area contributed by atoms with Crippen LogP contribution in [0, 0.1) is 0 Å². The molecule has 5 nitrogen and oxygen atoms in total. The Kier molecular flexibility index (Phi) is 4.19. The van der Waals surface area contributed by atoms with Crippen LogP contribution in [0.15, 0.2) is 24.5 Å². The zero-order valence-corrected chi connectivity index (χ0v) is 12.0. The van der Waals surface area contributed by atoms with E-state index in [9.17, 15) is 0 Å². The molecule has 5 heteroatoms. The molecule has 0 aliphatic carbocycles. The lowest BCUT2D eigenvalue weighted by Crippen LogP contribution is -2.34. The van der Waals surface area contributed by atoms with Gasteiger partial charge < -0.3 is 14.2 Å². The Hall–Kier alpha value is -1.17. The lowest BCUT2D eigenvalue weighted by molar-refractivity contribution is 0.00836. The second-order valence-corrected chi connectivity index (χ2v) is 5.65. The Balaban J connectivity index is 1.52. The highest BCUT2D eigenvalue weighted by Gasteiger charge is 2.46. The fourth-order valence-corrected chi connectivity index (χ4v) is 3.11. The van der Waals surface area contributed by atoms with Crippen molar-refractivity contribution in [2.24, 2.45) is 0 Å². The first-order chi connectivity index (χ1) is 9.80. The summed E-state index contributed by atoms with van der Waals surface area (Å²) < 4.78 is 17.2. The summed E-state index contributed by atoms with van der Waals surface area (Å²) in [5.41, 5.74) is -0.0133. The second-order valence-electron chi connectivity index (χ2n) is 5.65. The fourth-order valence-electron chi connectivity index (χ4n) is 3.11. The minimum atomic E-state index is -0.0133. The van der Waals surface area contributed by atoms with Crippen LogP contribution >= 0.6 is 0 Å². The largest absolute Gasteiger partial charge is 0.486 e. The smallest absolute Gasteiger partial charge is 0.138 e. The molecule has 110 valence electrons. The van der Waals surface area contributed by atoms with Crippen molar-refractivity contribution in [3.8, 4) is 5.75 Å². The van der Waals surface area contributed by atoms with E-state index in [1.807, 2.05) is 12.1 Å². The maximum absolute atomic E-state index is 6.07. The summed E-state index contributed by atoms with van der Waals surface area (Å²) in [4.78, 5) is 6.49. The van der Waals surface area contributed by atoms with Gasteiger partial charge in [-0.25, -0.2) is 0 Å². The summed E-state index contributed by atoms with van der Waals surface area (Å²) in [5.74, 6) is 0.826. The predicted octanol–water partition coefficient (Wildman–Crippen LogP) is 1.34. The summed E-state index contributed by atoms with van der Waals surface area (Å²) in [6, 6.07) is 3.83. The molecule has 0 amide bonds. The minimum Gasteiger partial charge on any atom is -0.486 e. The van der Waals surface area contributed by atoms with Crippen LogP contribution in [0.4, 0.5) is 0 Å². The molecule has 2 atom stereocenters. The zero-order valence-electron chi connectivity index (χ0n) is 12.0. The van der Waals surface area contributed by atoms with Gasteiger partial charge in [0.15, 0.2) is 0 Å². The van der Waals surface area contributed by atoms with Crippen molar-refractivity contribution in [2.45, 2.75) is 24.5 Å². The van der Waals surface area contributed by atoms with Crippen molar-refractivity contribution in [1.82, 2.24) is 9.88 Å². The van der Waals surface area contributed by atoms with E-state index in [0.717, 1.165) is 44.8 Å². The quantitative estimate of drug-likeness (QED) is 0.813. The molecule has 0 radical (unpaired) electrons. The molecule has 1 aromatic heterocycles. The van der Waals surface area contributed by atoms with Gasteiger partial charge in [-0.2, -0.15) is 0 Å². The monoisotopic (exact) mass is 278 g/mol. The topological polar surface area (TPSA) is 43.8 Å². The highest BCUT2D eigenvalue weighted by molar-refractivity contribution is 5.16. The predicted molar refractivity (Wildman–Crippen MR) is 74.9 cm³/mol. The van der Waals surface area contributed by atoms with Crippen molar-refractivity contribution in [1.29, 1.82) is 0 Å². The summed E-state index contributed by atoms with van der Waals surface area (Å²) in [6.07, 6.45) is 5.70. The van der Waals surface area contributed by atoms with Gasteiger partial charge in [-0.3, -0.25) is 9.88 Å². The molecular weight excluding hydrogens is 256 g/mol. The third-order valence-electron chi connectivity index (χ3n) is 4.12. The maximum atomic E-state index is 6.07. The Bertz CT molecular complexity index is 428. The molecule has 3 heterocycles. The van der Waals surface area contributed by atoms with E-state index in [-0.39, 0.29) is 11.7 Å². The number of hydrogen-bond acceptors (Lipinski definition) is 5. The van der Waals surface area contributed by atoms with Crippen LogP contribution in [-0.4, -0.2) is 61.5 Å². The number of pyridine rings is 1. The number of ether oxygens (including phenoxy) is 3. The van der Waals surface area contributed by atoms with Gasteiger partial charge in [0.1, 0.15) is 11.9 Å². The first kappa shape index (κ1) is 13.8. The van der Waals surface area contributed by atoms with E-state index in [2.05, 4.69) is 9.88 Å². The first-order valence-electron chi connectivity index (χ1n) is 7.22. The van der Waals surface area contributed by atoms with Crippen LogP contribution in [-0.2, 0) is 9.47 Å². The van der Waals surface area contributed by atoms with Crippen molar-refractivity contribution >= 4 is 0 Å². The molecule has 1 aromatic rings. The number of methoxy groups -OCH3 is 1. The van der Waals surface area contributed by atoms with Gasteiger partial charge in [0, 0.05) is 39.4 Å². The fraction of sp³-hybridized carbons (Fsp3) is 0.667. The number of aromatic nitrogens is 1. The van der Waals surface area contributed by atoms with Crippen LogP contribution in [0.25, 0.3) is 0 Å². The maximum Gasteiger partial charge on any atom is 0.138 e. The Morgan fingerprint density at radius 2 is 2.50 bits per heavy atom. The van der Waals surface area contributed by atoms with E-state index in [1.54, 1.807) is 19.5 Å². The lowest BCUT2D eigenvalue weighted by Gasteiger charge is -2.23. The van der Waals surface area contributed by atoms with Gasteiger partial charge in [-0.05, 0) is 18.6 Å². The van der Waals surface area contributed by atoms with Gasteiger partial charge in [0.05, 0.1) is 25.0 Å². The molecule has 0 bridgehead atoms. The summed E-state index contributed by atoms with van der Waals surface area (Å²) >= 11 is 0. The average molecular weight is 278 g/mol. The normalized spacial score (nSPS) is 30.1. The number of rotatable bonds is 5. The third kappa shape index (κ3) is 3.11. The van der Waals surface area contributed by atoms with Gasteiger partial charge in [0.25, 0.3) is 0 Å². The molecule has 2 aliphatic heterocycles. The zero-order chi connectivity index (χ0) is 13.8. The van der Waals surface area contributed by atoms with E-state index in [4.69, 9.17) is 14.2 Å². The van der Waals surface area contributed by atoms with Crippen LogP contribution < -0.4 is 4.74 Å². The lowest BCUT2D eigenvalue weighted by atomic mass is 9.98. The molecule has 2 unspecified atom stereocenters. The van der Waals surface area contributed by atoms with Gasteiger partial charge in [-0.1, -0.05) is 0 Å². The molecule has 2 fully saturated rings. The summed E-state index contributed by atoms with van der Waals surface area (Å²) in [6.45, 7) is 4.51. The summed E-state index contributed by atoms with van der Waals surface area (Å²) in [5, 5.41) is 0. The molecule has 0 aromatic carbocycles. The molecule has 20 heavy (non-hydrogen) atoms. The van der Waals surface area contributed by atoms with E-state index < -0.39 is 0 Å². The molecule has 3 rings (SSSR count). The van der Waals surface area contributed by atoms with Crippen LogP contribution in [0.1, 0.15) is 12.8 Å². The van der Waals surface area contributed by atoms with E-state index >= 15 is 0 Å². The van der Waals surface area contributed by atoms with Gasteiger partial charge >= 0.3 is 0 Å². The second kappa shape index (κ2) is 6.08. The Labute approximate surface area is 119 Å². The first-order valence-corrected chi connectivity index (χ1v) is 7.22. The van der Waals surface area contributed by atoms with E-state index in [0.29, 0.717) is 6.61 Å². The van der Waals surface area contributed by atoms with E-state index in [1.165, 1.54) is 0 Å². The SMILES string of the molecule is COCCN1CCC2(CC(Oc3cccnc3)CO2)C1. The van der Waals surface area contributed by atoms with Crippen LogP contribution in [0.2, 0.25) is 0 Å². The van der Waals surface area contributed by atoms with Crippen molar-refractivity contribution < 1.29 is 14.2 Å². The number of likely N-dealkylation sites (tertiary alicyclic amines) is 1. The summed E-state index contributed by atoms with van der Waals surface area (Å²) in [7, 11) is 1.75. The third-order valence-corrected chi connectivity index (χ3v) is 4.12. The highest BCUT2D eigenvalue weighted by atomic mass is 16.6. The van der Waals surface area contributed by atoms with Crippen molar-refractivity contribution in [3.05, 3.63) is 24.5 Å². The molecule has 2 saturated heterocycles. The van der Waals surface area contributed by atoms with Gasteiger partial charge in [-0.15, -0.1) is 0 Å². The van der Waals surface area contributed by atoms with Crippen LogP contribution in [0.3, 0.4) is 0 Å². The number of nitrogens with zero attached hydrogens (tertiary/aromatic N) is 2. The highest BCUT2D eigenvalue weighted by Crippen LogP contribution is 2.36. The van der Waals surface area contributed by atoms with Crippen LogP contribution in [0.5, 0.6) is 5.75 Å². The molecular formula is C15H22N2O3.